The third kappa shape index (κ3) is 3.61. The molecule has 1 N–H and O–H groups in total. The molecule has 0 atom stereocenters. The highest BCUT2D eigenvalue weighted by molar-refractivity contribution is 7.21. The van der Waals surface area contributed by atoms with Crippen LogP contribution < -0.4 is 0 Å². The van der Waals surface area contributed by atoms with Gasteiger partial charge in [0.15, 0.2) is 0 Å². The van der Waals surface area contributed by atoms with E-state index in [4.69, 9.17) is 10.1 Å². The van der Waals surface area contributed by atoms with Crippen LogP contribution in [0.15, 0.2) is 60.8 Å². The molecule has 1 saturated heterocycles. The molecular formula is C26H22FN3O2S. The lowest BCUT2D eigenvalue weighted by Crippen LogP contribution is -2.49. The van der Waals surface area contributed by atoms with Crippen molar-refractivity contribution in [2.75, 3.05) is 13.1 Å². The van der Waals surface area contributed by atoms with E-state index >= 15 is 0 Å². The normalized spacial score (nSPS) is 17.7. The van der Waals surface area contributed by atoms with Gasteiger partial charge in [0.1, 0.15) is 10.8 Å². The molecule has 0 bridgehead atoms. The molecule has 1 aliphatic heterocycles. The van der Waals surface area contributed by atoms with Crippen LogP contribution in [0.2, 0.25) is 0 Å². The first-order valence-corrected chi connectivity index (χ1v) is 11.9. The number of carboxylic acids is 1. The van der Waals surface area contributed by atoms with Crippen LogP contribution in [0.4, 0.5) is 4.39 Å². The van der Waals surface area contributed by atoms with Gasteiger partial charge in [-0.2, -0.15) is 0 Å². The lowest BCUT2D eigenvalue weighted by Gasteiger charge is -2.36. The van der Waals surface area contributed by atoms with Crippen LogP contribution in [-0.4, -0.2) is 39.0 Å². The van der Waals surface area contributed by atoms with Crippen LogP contribution in [0, 0.1) is 11.7 Å². The summed E-state index contributed by atoms with van der Waals surface area (Å²) in [4.78, 5) is 22.3. The minimum absolute atomic E-state index is 0.0109. The van der Waals surface area contributed by atoms with E-state index in [2.05, 4.69) is 23.2 Å². The first-order valence-electron chi connectivity index (χ1n) is 11.1. The number of rotatable bonds is 6. The molecule has 6 rings (SSSR count). The second-order valence-electron chi connectivity index (χ2n) is 9.04. The molecular weight excluding hydrogens is 437 g/mol. The Morgan fingerprint density at radius 1 is 1.15 bits per heavy atom. The van der Waals surface area contributed by atoms with Crippen LogP contribution >= 0.6 is 11.3 Å². The number of nitrogens with zero attached hydrogens (tertiary/aromatic N) is 3. The molecule has 7 heteroatoms. The maximum atomic E-state index is 15.0. The SMILES string of the molecule is O=C(O)C1CN(Cc2ccc(-c3nc4ccc(C5(c6ccccn6)CC5)cc4s3)c(F)c2)C1. The smallest absolute Gasteiger partial charge is 0.309 e. The van der Waals surface area contributed by atoms with E-state index in [0.29, 0.717) is 30.2 Å². The van der Waals surface area contributed by atoms with E-state index in [1.807, 2.05) is 35.4 Å². The average molecular weight is 460 g/mol. The zero-order valence-corrected chi connectivity index (χ0v) is 18.7. The Hall–Kier alpha value is -3.16. The van der Waals surface area contributed by atoms with Gasteiger partial charge in [-0.3, -0.25) is 14.7 Å². The van der Waals surface area contributed by atoms with Gasteiger partial charge in [0.25, 0.3) is 0 Å². The van der Waals surface area contributed by atoms with Crippen molar-refractivity contribution in [3.05, 3.63) is 83.4 Å². The highest BCUT2D eigenvalue weighted by Gasteiger charge is 2.47. The predicted molar refractivity (Wildman–Crippen MR) is 126 cm³/mol. The zero-order chi connectivity index (χ0) is 22.6. The van der Waals surface area contributed by atoms with Crippen LogP contribution in [0.1, 0.15) is 29.7 Å². The van der Waals surface area contributed by atoms with Crippen molar-refractivity contribution in [2.24, 2.45) is 5.92 Å². The Bertz CT molecular complexity index is 1360. The Balaban J connectivity index is 1.25. The van der Waals surface area contributed by atoms with Crippen molar-refractivity contribution in [2.45, 2.75) is 24.8 Å². The number of carbonyl (C=O) groups is 1. The molecule has 2 fully saturated rings. The number of carboxylic acid groups (broad SMARTS) is 1. The predicted octanol–water partition coefficient (Wildman–Crippen LogP) is 5.09. The zero-order valence-electron chi connectivity index (χ0n) is 17.9. The summed E-state index contributed by atoms with van der Waals surface area (Å²) in [7, 11) is 0. The quantitative estimate of drug-likeness (QED) is 0.435. The molecule has 1 aliphatic carbocycles. The van der Waals surface area contributed by atoms with Crippen LogP contribution in [-0.2, 0) is 16.8 Å². The molecule has 1 saturated carbocycles. The summed E-state index contributed by atoms with van der Waals surface area (Å²) in [6.45, 7) is 1.58. The number of aliphatic carboxylic acids is 1. The van der Waals surface area contributed by atoms with Crippen LogP contribution in [0.3, 0.4) is 0 Å². The van der Waals surface area contributed by atoms with Gasteiger partial charge >= 0.3 is 5.97 Å². The summed E-state index contributed by atoms with van der Waals surface area (Å²) in [5.74, 6) is -1.37. The summed E-state index contributed by atoms with van der Waals surface area (Å²) in [6, 6.07) is 17.6. The van der Waals surface area contributed by atoms with Crippen molar-refractivity contribution in [3.8, 4) is 10.6 Å². The molecule has 2 aromatic heterocycles. The number of hydrogen-bond acceptors (Lipinski definition) is 5. The molecule has 0 amide bonds. The topological polar surface area (TPSA) is 66.3 Å². The Labute approximate surface area is 194 Å². The molecule has 0 spiro atoms. The monoisotopic (exact) mass is 459 g/mol. The largest absolute Gasteiger partial charge is 0.481 e. The minimum atomic E-state index is -0.764. The molecule has 166 valence electrons. The molecule has 3 heterocycles. The second-order valence-corrected chi connectivity index (χ2v) is 10.1. The highest BCUT2D eigenvalue weighted by Crippen LogP contribution is 2.53. The number of pyridine rings is 1. The Morgan fingerprint density at radius 2 is 2.00 bits per heavy atom. The van der Waals surface area contributed by atoms with E-state index in [-0.39, 0.29) is 17.2 Å². The summed E-state index contributed by atoms with van der Waals surface area (Å²) < 4.78 is 16.0. The van der Waals surface area contributed by atoms with E-state index in [1.165, 1.54) is 16.9 Å². The molecule has 0 radical (unpaired) electrons. The minimum Gasteiger partial charge on any atom is -0.481 e. The lowest BCUT2D eigenvalue weighted by atomic mass is 9.92. The maximum absolute atomic E-state index is 15.0. The summed E-state index contributed by atoms with van der Waals surface area (Å²) in [5, 5.41) is 9.68. The fourth-order valence-electron chi connectivity index (χ4n) is 4.74. The molecule has 5 nitrogen and oxygen atoms in total. The third-order valence-electron chi connectivity index (χ3n) is 6.82. The standard InChI is InChI=1S/C26H22FN3O2S/c27-20-11-16(13-30-14-17(15-30)25(31)32)4-6-19(20)24-29-21-7-5-18(12-22(21)33-24)26(8-9-26)23-3-1-2-10-28-23/h1-7,10-12,17H,8-9,13-15H2,(H,31,32). The number of aromatic nitrogens is 2. The molecule has 0 unspecified atom stereocenters. The number of hydrogen-bond donors (Lipinski definition) is 1. The van der Waals surface area contributed by atoms with E-state index in [0.717, 1.165) is 34.3 Å². The van der Waals surface area contributed by atoms with Crippen molar-refractivity contribution < 1.29 is 14.3 Å². The third-order valence-corrected chi connectivity index (χ3v) is 7.87. The number of benzene rings is 2. The van der Waals surface area contributed by atoms with Gasteiger partial charge in [-0.15, -0.1) is 11.3 Å². The van der Waals surface area contributed by atoms with Crippen molar-refractivity contribution in [3.63, 3.8) is 0 Å². The van der Waals surface area contributed by atoms with Crippen LogP contribution in [0.5, 0.6) is 0 Å². The first-order chi connectivity index (χ1) is 16.0. The summed E-state index contributed by atoms with van der Waals surface area (Å²) >= 11 is 1.51. The van der Waals surface area contributed by atoms with Crippen molar-refractivity contribution in [1.82, 2.24) is 14.9 Å². The number of likely N-dealkylation sites (tertiary alicyclic amines) is 1. The van der Waals surface area contributed by atoms with Crippen molar-refractivity contribution in [1.29, 1.82) is 0 Å². The number of halogens is 1. The van der Waals surface area contributed by atoms with E-state index < -0.39 is 5.97 Å². The van der Waals surface area contributed by atoms with Gasteiger partial charge in [0.05, 0.1) is 21.8 Å². The van der Waals surface area contributed by atoms with E-state index in [9.17, 15) is 9.18 Å². The first kappa shape index (κ1) is 20.4. The number of fused-ring (bicyclic) bond motifs is 1. The highest BCUT2D eigenvalue weighted by atomic mass is 32.1. The molecule has 4 aromatic rings. The van der Waals surface area contributed by atoms with Gasteiger partial charge in [-0.1, -0.05) is 18.2 Å². The maximum Gasteiger partial charge on any atom is 0.309 e. The van der Waals surface area contributed by atoms with Gasteiger partial charge < -0.3 is 5.11 Å². The fourth-order valence-corrected chi connectivity index (χ4v) is 5.78. The molecule has 33 heavy (non-hydrogen) atoms. The van der Waals surface area contributed by atoms with Gasteiger partial charge in [0.2, 0.25) is 0 Å². The van der Waals surface area contributed by atoms with Gasteiger partial charge in [0, 0.05) is 36.8 Å². The van der Waals surface area contributed by atoms with E-state index in [1.54, 1.807) is 12.1 Å². The molecule has 2 aliphatic rings. The van der Waals surface area contributed by atoms with Gasteiger partial charge in [-0.25, -0.2) is 9.37 Å². The summed E-state index contributed by atoms with van der Waals surface area (Å²) in [5.41, 5.74) is 4.55. The Morgan fingerprint density at radius 3 is 2.70 bits per heavy atom. The molecule has 2 aromatic carbocycles. The lowest BCUT2D eigenvalue weighted by molar-refractivity contribution is -0.147. The second kappa shape index (κ2) is 7.71. The summed E-state index contributed by atoms with van der Waals surface area (Å²) in [6.07, 6.45) is 4.01. The average Bonchev–Trinajstić information content (AvgIpc) is 3.49. The number of thiazole rings is 1. The van der Waals surface area contributed by atoms with Crippen molar-refractivity contribution >= 4 is 27.5 Å². The Kier molecular flexibility index (Phi) is 4.78. The van der Waals surface area contributed by atoms with Crippen LogP contribution in [0.25, 0.3) is 20.8 Å². The fraction of sp³-hybridized carbons (Fsp3) is 0.269. The van der Waals surface area contributed by atoms with Gasteiger partial charge in [-0.05, 0) is 60.4 Å².